The van der Waals surface area contributed by atoms with Gasteiger partial charge in [0.25, 0.3) is 5.56 Å². The molecule has 0 atom stereocenters. The van der Waals surface area contributed by atoms with Crippen LogP contribution in [0, 0.1) is 0 Å². The lowest BCUT2D eigenvalue weighted by atomic mass is 10.0. The fourth-order valence-corrected chi connectivity index (χ4v) is 3.65. The van der Waals surface area contributed by atoms with Gasteiger partial charge in [-0.3, -0.25) is 10.1 Å². The number of methoxy groups -OCH3 is 1. The van der Waals surface area contributed by atoms with E-state index in [-0.39, 0.29) is 11.4 Å². The predicted molar refractivity (Wildman–Crippen MR) is 130 cm³/mol. The van der Waals surface area contributed by atoms with Crippen LogP contribution in [0.25, 0.3) is 27.9 Å². The minimum atomic E-state index is -0.634. The second-order valence-electron chi connectivity index (χ2n) is 8.73. The van der Waals surface area contributed by atoms with Crippen LogP contribution in [0.3, 0.4) is 0 Å². The van der Waals surface area contributed by atoms with Crippen molar-refractivity contribution in [3.05, 3.63) is 59.3 Å². The zero-order valence-electron chi connectivity index (χ0n) is 19.6. The summed E-state index contributed by atoms with van der Waals surface area (Å²) < 4.78 is 13.9. The van der Waals surface area contributed by atoms with Crippen molar-refractivity contribution in [2.24, 2.45) is 7.05 Å². The number of ether oxygens (including phenoxy) is 2. The standard InChI is InChI=1S/C24H26N6O4/c1-24(2,3)34-23(32)28-17-9-8-14(11-19(17)33-5)16-12-18(15-7-6-10-29(4)22(15)31)30-20(16)21(25)26-13-27-30/h6-13H,1-5H3,(H,28,32)(H2,25,26,27). The van der Waals surface area contributed by atoms with Crippen molar-refractivity contribution in [2.75, 3.05) is 18.2 Å². The molecule has 0 aliphatic rings. The molecule has 34 heavy (non-hydrogen) atoms. The number of nitrogen functional groups attached to an aromatic ring is 1. The number of aromatic nitrogens is 4. The molecule has 3 heterocycles. The van der Waals surface area contributed by atoms with Crippen LogP contribution in [0.2, 0.25) is 0 Å². The number of carbonyl (C=O) groups excluding carboxylic acids is 1. The molecule has 0 radical (unpaired) electrons. The van der Waals surface area contributed by atoms with E-state index in [0.29, 0.717) is 33.8 Å². The normalized spacial score (nSPS) is 11.4. The maximum atomic E-state index is 12.8. The monoisotopic (exact) mass is 462 g/mol. The van der Waals surface area contributed by atoms with Crippen molar-refractivity contribution < 1.29 is 14.3 Å². The van der Waals surface area contributed by atoms with Gasteiger partial charge in [-0.1, -0.05) is 6.07 Å². The first-order chi connectivity index (χ1) is 16.1. The summed E-state index contributed by atoms with van der Waals surface area (Å²) in [7, 11) is 3.20. The number of aryl methyl sites for hydroxylation is 1. The number of nitrogens with one attached hydrogen (secondary N) is 1. The maximum Gasteiger partial charge on any atom is 0.412 e. The van der Waals surface area contributed by atoms with Gasteiger partial charge in [-0.15, -0.1) is 0 Å². The fourth-order valence-electron chi connectivity index (χ4n) is 3.65. The van der Waals surface area contributed by atoms with Gasteiger partial charge in [-0.25, -0.2) is 14.3 Å². The van der Waals surface area contributed by atoms with Crippen LogP contribution >= 0.6 is 0 Å². The topological polar surface area (TPSA) is 126 Å². The minimum Gasteiger partial charge on any atom is -0.495 e. The summed E-state index contributed by atoms with van der Waals surface area (Å²) in [4.78, 5) is 29.2. The Morgan fingerprint density at radius 1 is 1.15 bits per heavy atom. The number of pyridine rings is 1. The Labute approximate surface area is 195 Å². The van der Waals surface area contributed by atoms with Gasteiger partial charge in [-0.05, 0) is 56.7 Å². The first-order valence-electron chi connectivity index (χ1n) is 10.6. The van der Waals surface area contributed by atoms with Crippen LogP contribution in [0.5, 0.6) is 5.75 Å². The summed E-state index contributed by atoms with van der Waals surface area (Å²) in [5, 5.41) is 7.05. The predicted octanol–water partition coefficient (Wildman–Crippen LogP) is 3.70. The van der Waals surface area contributed by atoms with E-state index in [1.165, 1.54) is 18.0 Å². The van der Waals surface area contributed by atoms with Crippen LogP contribution in [-0.4, -0.2) is 38.0 Å². The molecule has 0 spiro atoms. The van der Waals surface area contributed by atoms with E-state index in [1.807, 2.05) is 12.1 Å². The Hall–Kier alpha value is -4.34. The van der Waals surface area contributed by atoms with Crippen LogP contribution in [-0.2, 0) is 11.8 Å². The van der Waals surface area contributed by atoms with Gasteiger partial charge in [0.15, 0.2) is 5.82 Å². The second-order valence-corrected chi connectivity index (χ2v) is 8.73. The number of nitrogens with two attached hydrogens (primary N) is 1. The van der Waals surface area contributed by atoms with Gasteiger partial charge < -0.3 is 19.8 Å². The molecule has 0 bridgehead atoms. The molecule has 0 aliphatic heterocycles. The maximum absolute atomic E-state index is 12.8. The van der Waals surface area contributed by atoms with Gasteiger partial charge in [-0.2, -0.15) is 5.10 Å². The molecule has 0 unspecified atom stereocenters. The van der Waals surface area contributed by atoms with Gasteiger partial charge in [0, 0.05) is 18.8 Å². The van der Waals surface area contributed by atoms with Crippen molar-refractivity contribution in [3.8, 4) is 28.1 Å². The summed E-state index contributed by atoms with van der Waals surface area (Å²) in [6.07, 6.45) is 2.44. The SMILES string of the molecule is COc1cc(-c2cc(-c3cccn(C)c3=O)n3ncnc(N)c23)ccc1NC(=O)OC(C)(C)C. The summed E-state index contributed by atoms with van der Waals surface area (Å²) in [6, 6.07) is 10.7. The fraction of sp³-hybridized carbons (Fsp3) is 0.250. The summed E-state index contributed by atoms with van der Waals surface area (Å²) >= 11 is 0. The van der Waals surface area contributed by atoms with Crippen molar-refractivity contribution in [1.29, 1.82) is 0 Å². The summed E-state index contributed by atoms with van der Waals surface area (Å²) in [5.74, 6) is 0.689. The van der Waals surface area contributed by atoms with E-state index in [4.69, 9.17) is 15.2 Å². The first-order valence-corrected chi connectivity index (χ1v) is 10.6. The number of amides is 1. The highest BCUT2D eigenvalue weighted by Gasteiger charge is 2.21. The Kier molecular flexibility index (Phi) is 5.74. The van der Waals surface area contributed by atoms with Crippen molar-refractivity contribution in [3.63, 3.8) is 0 Å². The van der Waals surface area contributed by atoms with Crippen LogP contribution in [0.1, 0.15) is 20.8 Å². The third-order valence-electron chi connectivity index (χ3n) is 5.13. The average molecular weight is 463 g/mol. The molecule has 0 fully saturated rings. The number of anilines is 2. The number of rotatable bonds is 4. The van der Waals surface area contributed by atoms with E-state index in [2.05, 4.69) is 15.4 Å². The Balaban J connectivity index is 1.84. The number of nitrogens with zero attached hydrogens (tertiary/aromatic N) is 4. The molecule has 0 aliphatic carbocycles. The molecule has 4 aromatic rings. The Bertz CT molecular complexity index is 1450. The lowest BCUT2D eigenvalue weighted by molar-refractivity contribution is 0.0635. The van der Waals surface area contributed by atoms with Crippen LogP contribution in [0.15, 0.2) is 53.7 Å². The van der Waals surface area contributed by atoms with Crippen LogP contribution < -0.4 is 21.3 Å². The molecule has 4 rings (SSSR count). The molecule has 176 valence electrons. The Morgan fingerprint density at radius 3 is 2.62 bits per heavy atom. The highest BCUT2D eigenvalue weighted by Crippen LogP contribution is 2.37. The average Bonchev–Trinajstić information content (AvgIpc) is 3.15. The van der Waals surface area contributed by atoms with E-state index in [9.17, 15) is 9.59 Å². The molecule has 3 N–H and O–H groups in total. The number of fused-ring (bicyclic) bond motifs is 1. The van der Waals surface area contributed by atoms with Crippen LogP contribution in [0.4, 0.5) is 16.3 Å². The molecule has 3 aromatic heterocycles. The molecule has 0 saturated heterocycles. The van der Waals surface area contributed by atoms with Gasteiger partial charge >= 0.3 is 6.09 Å². The number of hydrogen-bond donors (Lipinski definition) is 2. The molecule has 10 heteroatoms. The minimum absolute atomic E-state index is 0.167. The molecule has 1 amide bonds. The van der Waals surface area contributed by atoms with E-state index < -0.39 is 11.7 Å². The summed E-state index contributed by atoms with van der Waals surface area (Å²) in [5.41, 5.74) is 8.92. The summed E-state index contributed by atoms with van der Waals surface area (Å²) in [6.45, 7) is 5.36. The Morgan fingerprint density at radius 2 is 1.91 bits per heavy atom. The van der Waals surface area contributed by atoms with E-state index >= 15 is 0 Å². The zero-order valence-corrected chi connectivity index (χ0v) is 19.6. The van der Waals surface area contributed by atoms with Crippen molar-refractivity contribution >= 4 is 23.1 Å². The molecule has 10 nitrogen and oxygen atoms in total. The van der Waals surface area contributed by atoms with Gasteiger partial charge in [0.2, 0.25) is 0 Å². The second kappa shape index (κ2) is 8.54. The zero-order chi connectivity index (χ0) is 24.6. The highest BCUT2D eigenvalue weighted by atomic mass is 16.6. The van der Waals surface area contributed by atoms with Gasteiger partial charge in [0.1, 0.15) is 23.2 Å². The van der Waals surface area contributed by atoms with Crippen molar-refractivity contribution in [2.45, 2.75) is 26.4 Å². The molecule has 1 aromatic carbocycles. The first kappa shape index (κ1) is 22.8. The number of hydrogen-bond acceptors (Lipinski definition) is 7. The highest BCUT2D eigenvalue weighted by molar-refractivity contribution is 5.94. The lowest BCUT2D eigenvalue weighted by Gasteiger charge is -2.20. The number of carbonyl (C=O) groups is 1. The lowest BCUT2D eigenvalue weighted by Crippen LogP contribution is -2.27. The quantitative estimate of drug-likeness (QED) is 0.474. The van der Waals surface area contributed by atoms with E-state index in [1.54, 1.807) is 62.8 Å². The van der Waals surface area contributed by atoms with Crippen molar-refractivity contribution in [1.82, 2.24) is 19.2 Å². The van der Waals surface area contributed by atoms with Gasteiger partial charge in [0.05, 0.1) is 24.1 Å². The third-order valence-corrected chi connectivity index (χ3v) is 5.13. The smallest absolute Gasteiger partial charge is 0.412 e. The largest absolute Gasteiger partial charge is 0.495 e. The number of benzene rings is 1. The molecule has 0 saturated carbocycles. The molecular weight excluding hydrogens is 436 g/mol. The third kappa shape index (κ3) is 4.29. The van der Waals surface area contributed by atoms with E-state index in [0.717, 1.165) is 5.56 Å². The molecular formula is C24H26N6O4.